The molecule has 0 atom stereocenters. The smallest absolute Gasteiger partial charge is 0.294 e. The number of imidazole rings is 1. The summed E-state index contributed by atoms with van der Waals surface area (Å²) in [5.74, 6) is -0.304. The van der Waals surface area contributed by atoms with E-state index < -0.39 is 0 Å². The molecule has 0 saturated carbocycles. The highest BCUT2D eigenvalue weighted by atomic mass is 16.2. The van der Waals surface area contributed by atoms with Crippen LogP contribution in [0.1, 0.15) is 47.4 Å². The van der Waals surface area contributed by atoms with E-state index in [1.807, 2.05) is 64.1 Å². The summed E-state index contributed by atoms with van der Waals surface area (Å²) >= 11 is 0. The van der Waals surface area contributed by atoms with E-state index in [0.29, 0.717) is 12.1 Å². The van der Waals surface area contributed by atoms with Crippen LogP contribution in [0.5, 0.6) is 0 Å². The lowest BCUT2D eigenvalue weighted by Gasteiger charge is -2.20. The molecule has 2 heterocycles. The standard InChI is InChI=1S/C21H24N4O2/c1-5-24(16-10-8-9-15(4)13-16)21(27)19-23-18(20(26)22-14(2)3)17-11-6-7-12-25(17)19/h6-14H,5H2,1-4H3,(H,22,26). The van der Waals surface area contributed by atoms with Crippen LogP contribution in [0, 0.1) is 6.92 Å². The fourth-order valence-corrected chi connectivity index (χ4v) is 3.05. The number of pyridine rings is 1. The number of anilines is 1. The average Bonchev–Trinajstić information content (AvgIpc) is 3.01. The Morgan fingerprint density at radius 3 is 2.63 bits per heavy atom. The SMILES string of the molecule is CCN(C(=O)c1nc(C(=O)NC(C)C)c2ccccn12)c1cccc(C)c1. The molecule has 0 aliphatic rings. The van der Waals surface area contributed by atoms with E-state index in [2.05, 4.69) is 10.3 Å². The number of fused-ring (bicyclic) bond motifs is 1. The van der Waals surface area contributed by atoms with Crippen molar-refractivity contribution in [3.8, 4) is 0 Å². The molecule has 0 saturated heterocycles. The number of carbonyl (C=O) groups is 2. The van der Waals surface area contributed by atoms with Gasteiger partial charge in [-0.05, 0) is 57.5 Å². The second-order valence-electron chi connectivity index (χ2n) is 6.76. The number of amides is 2. The number of aryl methyl sites for hydroxylation is 1. The van der Waals surface area contributed by atoms with Gasteiger partial charge >= 0.3 is 0 Å². The fourth-order valence-electron chi connectivity index (χ4n) is 3.05. The molecule has 3 rings (SSSR count). The monoisotopic (exact) mass is 364 g/mol. The Morgan fingerprint density at radius 2 is 1.96 bits per heavy atom. The molecule has 0 spiro atoms. The molecule has 1 N–H and O–H groups in total. The lowest BCUT2D eigenvalue weighted by atomic mass is 10.2. The number of hydrogen-bond acceptors (Lipinski definition) is 3. The summed E-state index contributed by atoms with van der Waals surface area (Å²) in [6.45, 7) is 8.18. The maximum Gasteiger partial charge on any atom is 0.294 e. The lowest BCUT2D eigenvalue weighted by Crippen LogP contribution is -2.32. The van der Waals surface area contributed by atoms with E-state index in [-0.39, 0.29) is 29.4 Å². The molecule has 0 aliphatic carbocycles. The highest BCUT2D eigenvalue weighted by Crippen LogP contribution is 2.20. The van der Waals surface area contributed by atoms with Gasteiger partial charge in [-0.15, -0.1) is 0 Å². The minimum absolute atomic E-state index is 0.0171. The van der Waals surface area contributed by atoms with Crippen LogP contribution in [-0.4, -0.2) is 33.8 Å². The molecule has 2 aromatic heterocycles. The first-order valence-corrected chi connectivity index (χ1v) is 9.08. The second kappa shape index (κ2) is 7.61. The Bertz CT molecular complexity index is 991. The van der Waals surface area contributed by atoms with Crippen molar-refractivity contribution < 1.29 is 9.59 Å². The number of aromatic nitrogens is 2. The van der Waals surface area contributed by atoms with Gasteiger partial charge < -0.3 is 10.2 Å². The normalized spacial score (nSPS) is 11.0. The van der Waals surface area contributed by atoms with Crippen molar-refractivity contribution in [2.75, 3.05) is 11.4 Å². The Labute approximate surface area is 158 Å². The molecular formula is C21H24N4O2. The first-order chi connectivity index (χ1) is 12.9. The van der Waals surface area contributed by atoms with Gasteiger partial charge in [-0.3, -0.25) is 14.0 Å². The van der Waals surface area contributed by atoms with E-state index in [1.165, 1.54) is 0 Å². The maximum absolute atomic E-state index is 13.3. The van der Waals surface area contributed by atoms with E-state index in [4.69, 9.17) is 0 Å². The number of benzene rings is 1. The van der Waals surface area contributed by atoms with Crippen LogP contribution >= 0.6 is 0 Å². The summed E-state index contributed by atoms with van der Waals surface area (Å²) in [4.78, 5) is 31.9. The second-order valence-corrected chi connectivity index (χ2v) is 6.76. The molecule has 0 radical (unpaired) electrons. The molecule has 0 bridgehead atoms. The zero-order valence-electron chi connectivity index (χ0n) is 16.1. The summed E-state index contributed by atoms with van der Waals surface area (Å²) in [6, 6.07) is 13.2. The molecule has 2 amide bonds. The van der Waals surface area contributed by atoms with E-state index in [9.17, 15) is 9.59 Å². The fraction of sp³-hybridized carbons (Fsp3) is 0.286. The van der Waals surface area contributed by atoms with Gasteiger partial charge in [-0.25, -0.2) is 4.98 Å². The first-order valence-electron chi connectivity index (χ1n) is 9.08. The molecule has 3 aromatic rings. The van der Waals surface area contributed by atoms with Crippen LogP contribution in [0.4, 0.5) is 5.69 Å². The number of nitrogens with zero attached hydrogens (tertiary/aromatic N) is 3. The topological polar surface area (TPSA) is 66.7 Å². The van der Waals surface area contributed by atoms with Gasteiger partial charge in [0.15, 0.2) is 5.69 Å². The third kappa shape index (κ3) is 3.69. The molecule has 6 heteroatoms. The average molecular weight is 364 g/mol. The summed E-state index contributed by atoms with van der Waals surface area (Å²) in [6.07, 6.45) is 1.76. The van der Waals surface area contributed by atoms with E-state index >= 15 is 0 Å². The molecule has 0 aliphatic heterocycles. The van der Waals surface area contributed by atoms with Crippen LogP contribution < -0.4 is 10.2 Å². The van der Waals surface area contributed by atoms with Crippen LogP contribution in [-0.2, 0) is 0 Å². The van der Waals surface area contributed by atoms with Crippen LogP contribution in [0.15, 0.2) is 48.7 Å². The summed E-state index contributed by atoms with van der Waals surface area (Å²) in [5.41, 5.74) is 2.75. The highest BCUT2D eigenvalue weighted by Gasteiger charge is 2.25. The molecule has 27 heavy (non-hydrogen) atoms. The number of nitrogens with one attached hydrogen (secondary N) is 1. The predicted molar refractivity (Wildman–Crippen MR) is 106 cm³/mol. The van der Waals surface area contributed by atoms with Gasteiger partial charge in [0, 0.05) is 24.5 Å². The van der Waals surface area contributed by atoms with Crippen molar-refractivity contribution >= 4 is 23.0 Å². The largest absolute Gasteiger partial charge is 0.348 e. The third-order valence-corrected chi connectivity index (χ3v) is 4.25. The highest BCUT2D eigenvalue weighted by molar-refractivity contribution is 6.07. The number of carbonyl (C=O) groups excluding carboxylic acids is 2. The molecule has 6 nitrogen and oxygen atoms in total. The summed E-state index contributed by atoms with van der Waals surface area (Å²) in [7, 11) is 0. The molecule has 140 valence electrons. The molecule has 0 unspecified atom stereocenters. The van der Waals surface area contributed by atoms with Gasteiger partial charge in [-0.1, -0.05) is 18.2 Å². The predicted octanol–water partition coefficient (Wildman–Crippen LogP) is 3.45. The first kappa shape index (κ1) is 18.6. The Hall–Kier alpha value is -3.15. The zero-order valence-corrected chi connectivity index (χ0v) is 16.1. The van der Waals surface area contributed by atoms with Gasteiger partial charge in [0.25, 0.3) is 11.8 Å². The van der Waals surface area contributed by atoms with E-state index in [1.54, 1.807) is 21.6 Å². The maximum atomic E-state index is 13.3. The molecular weight excluding hydrogens is 340 g/mol. The van der Waals surface area contributed by atoms with Crippen molar-refractivity contribution in [2.24, 2.45) is 0 Å². The molecule has 0 fully saturated rings. The summed E-state index contributed by atoms with van der Waals surface area (Å²) in [5, 5.41) is 2.85. The van der Waals surface area contributed by atoms with Crippen molar-refractivity contribution in [2.45, 2.75) is 33.7 Å². The number of rotatable bonds is 5. The minimum Gasteiger partial charge on any atom is -0.348 e. The zero-order chi connectivity index (χ0) is 19.6. The quantitative estimate of drug-likeness (QED) is 0.754. The van der Waals surface area contributed by atoms with Crippen LogP contribution in [0.25, 0.3) is 5.52 Å². The van der Waals surface area contributed by atoms with Gasteiger partial charge in [0.05, 0.1) is 5.52 Å². The van der Waals surface area contributed by atoms with Crippen LogP contribution in [0.3, 0.4) is 0 Å². The lowest BCUT2D eigenvalue weighted by molar-refractivity contribution is 0.0940. The third-order valence-electron chi connectivity index (χ3n) is 4.25. The van der Waals surface area contributed by atoms with Crippen molar-refractivity contribution in [1.29, 1.82) is 0 Å². The van der Waals surface area contributed by atoms with Gasteiger partial charge in [0.2, 0.25) is 5.82 Å². The van der Waals surface area contributed by atoms with Crippen molar-refractivity contribution in [3.63, 3.8) is 0 Å². The number of hydrogen-bond donors (Lipinski definition) is 1. The Morgan fingerprint density at radius 1 is 1.19 bits per heavy atom. The van der Waals surface area contributed by atoms with Gasteiger partial charge in [-0.2, -0.15) is 0 Å². The Balaban J connectivity index is 2.08. The van der Waals surface area contributed by atoms with Crippen molar-refractivity contribution in [3.05, 3.63) is 65.7 Å². The van der Waals surface area contributed by atoms with E-state index in [0.717, 1.165) is 11.3 Å². The van der Waals surface area contributed by atoms with Crippen molar-refractivity contribution in [1.82, 2.24) is 14.7 Å². The van der Waals surface area contributed by atoms with Gasteiger partial charge in [0.1, 0.15) is 0 Å². The minimum atomic E-state index is -0.286. The Kier molecular flexibility index (Phi) is 5.26. The van der Waals surface area contributed by atoms with Crippen LogP contribution in [0.2, 0.25) is 0 Å². The summed E-state index contributed by atoms with van der Waals surface area (Å²) < 4.78 is 1.68. The molecule has 1 aromatic carbocycles.